The molecule has 0 fully saturated rings. The summed E-state index contributed by atoms with van der Waals surface area (Å²) in [7, 11) is 1.58. The molecule has 0 saturated heterocycles. The standard InChI is InChI=1S/C14H17ClN2O3/c1-14(13(18)16-7-8-19-2)9-12(17-20-14)10-5-3-4-6-11(10)15/h3-6H,7-9H2,1-2H3,(H,16,18)/t14-/m1/s1. The normalized spacial score (nSPS) is 21.2. The molecule has 20 heavy (non-hydrogen) atoms. The Kier molecular flexibility index (Phi) is 4.62. The number of methoxy groups -OCH3 is 1. The summed E-state index contributed by atoms with van der Waals surface area (Å²) in [4.78, 5) is 17.4. The molecule has 0 aliphatic carbocycles. The quantitative estimate of drug-likeness (QED) is 0.845. The zero-order valence-corrected chi connectivity index (χ0v) is 12.2. The Morgan fingerprint density at radius 2 is 2.30 bits per heavy atom. The first kappa shape index (κ1) is 14.8. The first-order valence-corrected chi connectivity index (χ1v) is 6.72. The number of oxime groups is 1. The van der Waals surface area contributed by atoms with E-state index in [4.69, 9.17) is 21.2 Å². The van der Waals surface area contributed by atoms with Crippen molar-refractivity contribution in [2.75, 3.05) is 20.3 Å². The first-order chi connectivity index (χ1) is 9.57. The second-order valence-electron chi connectivity index (χ2n) is 4.77. The van der Waals surface area contributed by atoms with Crippen LogP contribution >= 0.6 is 11.6 Å². The van der Waals surface area contributed by atoms with Crippen LogP contribution in [0.2, 0.25) is 5.02 Å². The molecular weight excluding hydrogens is 280 g/mol. The van der Waals surface area contributed by atoms with E-state index in [1.807, 2.05) is 18.2 Å². The SMILES string of the molecule is COCCNC(=O)[C@@]1(C)CC(c2ccccc2Cl)=NO1. The number of nitrogens with one attached hydrogen (secondary N) is 1. The summed E-state index contributed by atoms with van der Waals surface area (Å²) in [5.74, 6) is -0.208. The van der Waals surface area contributed by atoms with Gasteiger partial charge in [0.2, 0.25) is 5.60 Å². The van der Waals surface area contributed by atoms with Crippen molar-refractivity contribution in [2.45, 2.75) is 18.9 Å². The summed E-state index contributed by atoms with van der Waals surface area (Å²) in [5.41, 5.74) is 0.477. The number of ether oxygens (including phenoxy) is 1. The molecule has 0 radical (unpaired) electrons. The molecule has 1 aliphatic rings. The Morgan fingerprint density at radius 3 is 3.00 bits per heavy atom. The van der Waals surface area contributed by atoms with Gasteiger partial charge in [-0.25, -0.2) is 0 Å². The van der Waals surface area contributed by atoms with Crippen LogP contribution in [0.5, 0.6) is 0 Å². The van der Waals surface area contributed by atoms with E-state index >= 15 is 0 Å². The number of amides is 1. The molecule has 0 bridgehead atoms. The molecule has 108 valence electrons. The fraction of sp³-hybridized carbons (Fsp3) is 0.429. The highest BCUT2D eigenvalue weighted by molar-refractivity contribution is 6.34. The van der Waals surface area contributed by atoms with Crippen molar-refractivity contribution in [2.24, 2.45) is 5.16 Å². The highest BCUT2D eigenvalue weighted by atomic mass is 35.5. The van der Waals surface area contributed by atoms with Gasteiger partial charge in [0.05, 0.1) is 12.3 Å². The Bertz CT molecular complexity index is 533. The minimum absolute atomic E-state index is 0.208. The number of rotatable bonds is 5. The fourth-order valence-corrected chi connectivity index (χ4v) is 2.20. The molecule has 1 amide bonds. The maximum Gasteiger partial charge on any atom is 0.267 e. The van der Waals surface area contributed by atoms with E-state index < -0.39 is 5.60 Å². The maximum atomic E-state index is 12.1. The summed E-state index contributed by atoms with van der Waals surface area (Å²) in [6.45, 7) is 2.61. The van der Waals surface area contributed by atoms with E-state index in [0.29, 0.717) is 30.3 Å². The van der Waals surface area contributed by atoms with Crippen molar-refractivity contribution in [3.05, 3.63) is 34.9 Å². The van der Waals surface area contributed by atoms with Gasteiger partial charge in [-0.15, -0.1) is 0 Å². The highest BCUT2D eigenvalue weighted by Crippen LogP contribution is 2.29. The number of benzene rings is 1. The van der Waals surface area contributed by atoms with Crippen molar-refractivity contribution < 1.29 is 14.4 Å². The van der Waals surface area contributed by atoms with Crippen LogP contribution in [0.15, 0.2) is 29.4 Å². The van der Waals surface area contributed by atoms with Crippen LogP contribution in [0.25, 0.3) is 0 Å². The predicted molar refractivity (Wildman–Crippen MR) is 77.0 cm³/mol. The number of hydrogen-bond donors (Lipinski definition) is 1. The molecule has 1 aliphatic heterocycles. The lowest BCUT2D eigenvalue weighted by molar-refractivity contribution is -0.141. The third-order valence-electron chi connectivity index (χ3n) is 3.12. The van der Waals surface area contributed by atoms with Gasteiger partial charge < -0.3 is 14.9 Å². The smallest absolute Gasteiger partial charge is 0.267 e. The number of hydrogen-bond acceptors (Lipinski definition) is 4. The molecule has 0 unspecified atom stereocenters. The van der Waals surface area contributed by atoms with Crippen molar-refractivity contribution in [3.8, 4) is 0 Å². The topological polar surface area (TPSA) is 59.9 Å². The molecule has 0 spiro atoms. The van der Waals surface area contributed by atoms with Crippen LogP contribution in [0.4, 0.5) is 0 Å². The zero-order valence-electron chi connectivity index (χ0n) is 11.5. The number of carbonyl (C=O) groups excluding carboxylic acids is 1. The van der Waals surface area contributed by atoms with Gasteiger partial charge >= 0.3 is 0 Å². The van der Waals surface area contributed by atoms with E-state index in [1.54, 1.807) is 20.1 Å². The second-order valence-corrected chi connectivity index (χ2v) is 5.17. The second kappa shape index (κ2) is 6.24. The van der Waals surface area contributed by atoms with Gasteiger partial charge in [-0.05, 0) is 13.0 Å². The minimum Gasteiger partial charge on any atom is -0.383 e. The summed E-state index contributed by atoms with van der Waals surface area (Å²) >= 11 is 6.13. The largest absolute Gasteiger partial charge is 0.383 e. The Labute approximate surface area is 122 Å². The fourth-order valence-electron chi connectivity index (χ4n) is 1.95. The third-order valence-corrected chi connectivity index (χ3v) is 3.45. The average Bonchev–Trinajstić information content (AvgIpc) is 2.83. The molecule has 0 saturated carbocycles. The minimum atomic E-state index is -0.998. The molecular formula is C14H17ClN2O3. The zero-order chi connectivity index (χ0) is 14.6. The van der Waals surface area contributed by atoms with Crippen LogP contribution in [0.3, 0.4) is 0 Å². The van der Waals surface area contributed by atoms with Gasteiger partial charge in [-0.3, -0.25) is 4.79 Å². The average molecular weight is 297 g/mol. The molecule has 1 heterocycles. The van der Waals surface area contributed by atoms with Crippen molar-refractivity contribution >= 4 is 23.2 Å². The number of halogens is 1. The van der Waals surface area contributed by atoms with Crippen molar-refractivity contribution in [1.29, 1.82) is 0 Å². The van der Waals surface area contributed by atoms with Crippen LogP contribution in [0.1, 0.15) is 18.9 Å². The molecule has 1 aromatic rings. The molecule has 1 atom stereocenters. The van der Waals surface area contributed by atoms with E-state index in [1.165, 1.54) is 0 Å². The van der Waals surface area contributed by atoms with Gasteiger partial charge in [-0.1, -0.05) is 35.0 Å². The molecule has 1 aromatic carbocycles. The highest BCUT2D eigenvalue weighted by Gasteiger charge is 2.42. The monoisotopic (exact) mass is 296 g/mol. The molecule has 2 rings (SSSR count). The lowest BCUT2D eigenvalue weighted by atomic mass is 9.95. The van der Waals surface area contributed by atoms with E-state index in [9.17, 15) is 4.79 Å². The van der Waals surface area contributed by atoms with E-state index in [-0.39, 0.29) is 5.91 Å². The lowest BCUT2D eigenvalue weighted by Crippen LogP contribution is -2.45. The van der Waals surface area contributed by atoms with E-state index in [2.05, 4.69) is 10.5 Å². The number of nitrogens with zero attached hydrogens (tertiary/aromatic N) is 1. The summed E-state index contributed by atoms with van der Waals surface area (Å²) in [5, 5.41) is 7.36. The maximum absolute atomic E-state index is 12.1. The van der Waals surface area contributed by atoms with Crippen LogP contribution in [-0.2, 0) is 14.4 Å². The first-order valence-electron chi connectivity index (χ1n) is 6.34. The summed E-state index contributed by atoms with van der Waals surface area (Å²) in [6.07, 6.45) is 0.384. The Balaban J connectivity index is 2.03. The van der Waals surface area contributed by atoms with Gasteiger partial charge in [0.15, 0.2) is 0 Å². The predicted octanol–water partition coefficient (Wildman–Crippen LogP) is 1.99. The lowest BCUT2D eigenvalue weighted by Gasteiger charge is -2.20. The summed E-state index contributed by atoms with van der Waals surface area (Å²) in [6, 6.07) is 7.36. The van der Waals surface area contributed by atoms with Crippen LogP contribution in [-0.4, -0.2) is 37.5 Å². The van der Waals surface area contributed by atoms with Gasteiger partial charge in [0, 0.05) is 30.7 Å². The molecule has 5 nitrogen and oxygen atoms in total. The third kappa shape index (κ3) is 3.11. The van der Waals surface area contributed by atoms with Crippen LogP contribution in [0, 0.1) is 0 Å². The van der Waals surface area contributed by atoms with Gasteiger partial charge in [0.1, 0.15) is 0 Å². The Hall–Kier alpha value is -1.59. The van der Waals surface area contributed by atoms with Crippen LogP contribution < -0.4 is 5.32 Å². The molecule has 1 N–H and O–H groups in total. The van der Waals surface area contributed by atoms with Crippen molar-refractivity contribution in [3.63, 3.8) is 0 Å². The number of carbonyl (C=O) groups is 1. The molecule has 0 aromatic heterocycles. The van der Waals surface area contributed by atoms with Crippen molar-refractivity contribution in [1.82, 2.24) is 5.32 Å². The molecule has 6 heteroatoms. The summed E-state index contributed by atoms with van der Waals surface area (Å²) < 4.78 is 4.89. The van der Waals surface area contributed by atoms with E-state index in [0.717, 1.165) is 5.56 Å². The Morgan fingerprint density at radius 1 is 1.55 bits per heavy atom. The van der Waals surface area contributed by atoms with Gasteiger partial charge in [0.25, 0.3) is 5.91 Å². The van der Waals surface area contributed by atoms with Gasteiger partial charge in [-0.2, -0.15) is 0 Å².